The van der Waals surface area contributed by atoms with E-state index in [2.05, 4.69) is 20.5 Å². The highest BCUT2D eigenvalue weighted by Gasteiger charge is 2.37. The van der Waals surface area contributed by atoms with Gasteiger partial charge in [0.2, 0.25) is 5.91 Å². The SMILES string of the molecule is CC(C)(C)OC(=O)N[C@H](C(=O)NC1CCN(c2ccccn2)CC1)C(C)(C)O. The third kappa shape index (κ3) is 6.67. The average Bonchev–Trinajstić information content (AvgIpc) is 2.58. The number of nitrogens with zero attached hydrogens (tertiary/aromatic N) is 2. The van der Waals surface area contributed by atoms with Crippen molar-refractivity contribution < 1.29 is 19.4 Å². The zero-order valence-electron chi connectivity index (χ0n) is 17.4. The lowest BCUT2D eigenvalue weighted by Crippen LogP contribution is -2.60. The molecule has 0 aromatic carbocycles. The van der Waals surface area contributed by atoms with E-state index in [-0.39, 0.29) is 6.04 Å². The van der Waals surface area contributed by atoms with Crippen molar-refractivity contribution in [1.29, 1.82) is 0 Å². The number of aromatic nitrogens is 1. The van der Waals surface area contributed by atoms with Crippen molar-refractivity contribution >= 4 is 17.8 Å². The molecule has 2 amide bonds. The second-order valence-corrected chi connectivity index (χ2v) is 8.69. The Balaban J connectivity index is 1.92. The van der Waals surface area contributed by atoms with E-state index in [1.165, 1.54) is 13.8 Å². The van der Waals surface area contributed by atoms with Gasteiger partial charge in [-0.05, 0) is 59.6 Å². The van der Waals surface area contributed by atoms with E-state index in [1.54, 1.807) is 27.0 Å². The number of pyridine rings is 1. The van der Waals surface area contributed by atoms with Crippen molar-refractivity contribution in [2.75, 3.05) is 18.0 Å². The molecule has 0 spiro atoms. The molecule has 1 aliphatic rings. The van der Waals surface area contributed by atoms with Crippen LogP contribution in [0.15, 0.2) is 24.4 Å². The lowest BCUT2D eigenvalue weighted by Gasteiger charge is -2.35. The molecule has 28 heavy (non-hydrogen) atoms. The Morgan fingerprint density at radius 2 is 1.86 bits per heavy atom. The van der Waals surface area contributed by atoms with E-state index in [0.717, 1.165) is 31.7 Å². The van der Waals surface area contributed by atoms with Gasteiger partial charge in [0.1, 0.15) is 17.5 Å². The van der Waals surface area contributed by atoms with Crippen LogP contribution >= 0.6 is 0 Å². The summed E-state index contributed by atoms with van der Waals surface area (Å²) in [6.45, 7) is 9.73. The number of anilines is 1. The van der Waals surface area contributed by atoms with Gasteiger partial charge in [0, 0.05) is 25.3 Å². The first-order valence-electron chi connectivity index (χ1n) is 9.64. The van der Waals surface area contributed by atoms with Crippen molar-refractivity contribution in [2.45, 2.75) is 70.7 Å². The van der Waals surface area contributed by atoms with Crippen LogP contribution in [0, 0.1) is 0 Å². The molecule has 0 unspecified atom stereocenters. The van der Waals surface area contributed by atoms with Crippen LogP contribution in [0.3, 0.4) is 0 Å². The van der Waals surface area contributed by atoms with Gasteiger partial charge in [-0.2, -0.15) is 0 Å². The Hall–Kier alpha value is -2.35. The van der Waals surface area contributed by atoms with Gasteiger partial charge in [0.25, 0.3) is 0 Å². The fourth-order valence-corrected chi connectivity index (χ4v) is 3.07. The number of ether oxygens (including phenoxy) is 1. The summed E-state index contributed by atoms with van der Waals surface area (Å²) in [5, 5.41) is 15.8. The molecule has 8 nitrogen and oxygen atoms in total. The molecule has 3 N–H and O–H groups in total. The molecule has 2 heterocycles. The minimum absolute atomic E-state index is 0.0299. The van der Waals surface area contributed by atoms with Gasteiger partial charge in [0.15, 0.2) is 0 Å². The second kappa shape index (κ2) is 8.77. The fourth-order valence-electron chi connectivity index (χ4n) is 3.07. The summed E-state index contributed by atoms with van der Waals surface area (Å²) in [4.78, 5) is 31.3. The second-order valence-electron chi connectivity index (χ2n) is 8.69. The number of alkyl carbamates (subject to hydrolysis) is 1. The van der Waals surface area contributed by atoms with Crippen LogP contribution in [0.2, 0.25) is 0 Å². The summed E-state index contributed by atoms with van der Waals surface area (Å²) >= 11 is 0. The number of carbonyl (C=O) groups is 2. The Morgan fingerprint density at radius 1 is 1.21 bits per heavy atom. The summed E-state index contributed by atoms with van der Waals surface area (Å²) in [6.07, 6.45) is 2.54. The van der Waals surface area contributed by atoms with Gasteiger partial charge in [0.05, 0.1) is 5.60 Å². The number of carbonyl (C=O) groups excluding carboxylic acids is 2. The molecule has 0 saturated carbocycles. The standard InChI is InChI=1S/C20H32N4O4/c1-19(2,3)28-18(26)23-16(20(4,5)27)17(25)22-14-9-12-24(13-10-14)15-8-6-7-11-21-15/h6-8,11,14,16,27H,9-10,12-13H2,1-5H3,(H,22,25)(H,23,26)/t16-/m1/s1. The maximum absolute atomic E-state index is 12.7. The number of aliphatic hydroxyl groups is 1. The van der Waals surface area contributed by atoms with E-state index in [9.17, 15) is 14.7 Å². The average molecular weight is 393 g/mol. The fraction of sp³-hybridized carbons (Fsp3) is 0.650. The van der Waals surface area contributed by atoms with Crippen molar-refractivity contribution in [1.82, 2.24) is 15.6 Å². The van der Waals surface area contributed by atoms with Gasteiger partial charge in [-0.3, -0.25) is 4.79 Å². The highest BCUT2D eigenvalue weighted by atomic mass is 16.6. The van der Waals surface area contributed by atoms with Crippen molar-refractivity contribution in [2.24, 2.45) is 0 Å². The normalized spacial score (nSPS) is 17.0. The van der Waals surface area contributed by atoms with Crippen LogP contribution in [0.1, 0.15) is 47.5 Å². The summed E-state index contributed by atoms with van der Waals surface area (Å²) < 4.78 is 5.21. The third-order valence-corrected chi connectivity index (χ3v) is 4.44. The van der Waals surface area contributed by atoms with Gasteiger partial charge < -0.3 is 25.4 Å². The van der Waals surface area contributed by atoms with E-state index < -0.39 is 29.2 Å². The highest BCUT2D eigenvalue weighted by Crippen LogP contribution is 2.18. The number of amides is 2. The highest BCUT2D eigenvalue weighted by molar-refractivity contribution is 5.87. The van der Waals surface area contributed by atoms with Gasteiger partial charge >= 0.3 is 6.09 Å². The molecule has 0 radical (unpaired) electrons. The topological polar surface area (TPSA) is 104 Å². The number of rotatable bonds is 5. The maximum atomic E-state index is 12.7. The first-order valence-corrected chi connectivity index (χ1v) is 9.64. The van der Waals surface area contributed by atoms with E-state index in [0.29, 0.717) is 0 Å². The molecule has 0 aliphatic carbocycles. The molecule has 156 valence electrons. The number of piperidine rings is 1. The third-order valence-electron chi connectivity index (χ3n) is 4.44. The summed E-state index contributed by atoms with van der Waals surface area (Å²) in [6, 6.07) is 4.65. The van der Waals surface area contributed by atoms with E-state index in [1.807, 2.05) is 18.2 Å². The molecule has 1 atom stereocenters. The molecule has 1 saturated heterocycles. The van der Waals surface area contributed by atoms with Gasteiger partial charge in [-0.15, -0.1) is 0 Å². The van der Waals surface area contributed by atoms with Crippen molar-refractivity contribution in [3.63, 3.8) is 0 Å². The molecular weight excluding hydrogens is 360 g/mol. The lowest BCUT2D eigenvalue weighted by molar-refractivity contribution is -0.129. The van der Waals surface area contributed by atoms with Crippen molar-refractivity contribution in [3.05, 3.63) is 24.4 Å². The molecule has 2 rings (SSSR count). The monoisotopic (exact) mass is 392 g/mol. The predicted octanol–water partition coefficient (Wildman–Crippen LogP) is 1.83. The first kappa shape index (κ1) is 21.9. The zero-order valence-corrected chi connectivity index (χ0v) is 17.4. The zero-order chi connectivity index (χ0) is 20.9. The number of hydrogen-bond donors (Lipinski definition) is 3. The first-order chi connectivity index (χ1) is 13.0. The van der Waals surface area contributed by atoms with Crippen LogP contribution < -0.4 is 15.5 Å². The van der Waals surface area contributed by atoms with Crippen LogP contribution in [0.5, 0.6) is 0 Å². The Morgan fingerprint density at radius 3 is 2.36 bits per heavy atom. The smallest absolute Gasteiger partial charge is 0.408 e. The van der Waals surface area contributed by atoms with Crippen LogP contribution in [0.4, 0.5) is 10.6 Å². The van der Waals surface area contributed by atoms with Crippen LogP contribution in [0.25, 0.3) is 0 Å². The molecule has 1 aromatic rings. The molecule has 1 fully saturated rings. The van der Waals surface area contributed by atoms with Crippen LogP contribution in [-0.2, 0) is 9.53 Å². The largest absolute Gasteiger partial charge is 0.444 e. The van der Waals surface area contributed by atoms with Gasteiger partial charge in [-0.1, -0.05) is 6.07 Å². The lowest BCUT2D eigenvalue weighted by atomic mass is 9.96. The Kier molecular flexibility index (Phi) is 6.87. The molecule has 8 heteroatoms. The summed E-state index contributed by atoms with van der Waals surface area (Å²) in [7, 11) is 0. The molecular formula is C20H32N4O4. The Bertz CT molecular complexity index is 659. The maximum Gasteiger partial charge on any atom is 0.408 e. The molecule has 0 bridgehead atoms. The van der Waals surface area contributed by atoms with E-state index in [4.69, 9.17) is 4.74 Å². The van der Waals surface area contributed by atoms with Crippen LogP contribution in [-0.4, -0.2) is 58.5 Å². The minimum atomic E-state index is -1.43. The Labute approximate surface area is 166 Å². The summed E-state index contributed by atoms with van der Waals surface area (Å²) in [5.41, 5.74) is -2.13. The number of nitrogens with one attached hydrogen (secondary N) is 2. The minimum Gasteiger partial charge on any atom is -0.444 e. The predicted molar refractivity (Wildman–Crippen MR) is 107 cm³/mol. The van der Waals surface area contributed by atoms with Gasteiger partial charge in [-0.25, -0.2) is 9.78 Å². The molecule has 1 aliphatic heterocycles. The van der Waals surface area contributed by atoms with Crippen molar-refractivity contribution in [3.8, 4) is 0 Å². The molecule has 1 aromatic heterocycles. The van der Waals surface area contributed by atoms with E-state index >= 15 is 0 Å². The quantitative estimate of drug-likeness (QED) is 0.706. The number of hydrogen-bond acceptors (Lipinski definition) is 6. The summed E-state index contributed by atoms with van der Waals surface area (Å²) in [5.74, 6) is 0.503.